The molecule has 0 heterocycles. The number of carbonyl (C=O) groups excluding carboxylic acids is 2. The molecular formula is C16H16N2O3. The van der Waals surface area contributed by atoms with Crippen molar-refractivity contribution >= 4 is 17.5 Å². The van der Waals surface area contributed by atoms with Gasteiger partial charge in [0.25, 0.3) is 0 Å². The molecule has 5 nitrogen and oxygen atoms in total. The maximum absolute atomic E-state index is 11.7. The van der Waals surface area contributed by atoms with E-state index >= 15 is 0 Å². The molecule has 0 spiro atoms. The molecular weight excluding hydrogens is 268 g/mol. The predicted molar refractivity (Wildman–Crippen MR) is 79.9 cm³/mol. The minimum absolute atomic E-state index is 0.0125. The zero-order valence-corrected chi connectivity index (χ0v) is 11.4. The summed E-state index contributed by atoms with van der Waals surface area (Å²) in [5, 5.41) is 14.6. The summed E-state index contributed by atoms with van der Waals surface area (Å²) in [7, 11) is 0. The van der Waals surface area contributed by atoms with Gasteiger partial charge in [0.2, 0.25) is 11.8 Å². The van der Waals surface area contributed by atoms with Crippen molar-refractivity contribution < 1.29 is 14.7 Å². The molecule has 2 rings (SSSR count). The van der Waals surface area contributed by atoms with E-state index in [2.05, 4.69) is 10.6 Å². The first kappa shape index (κ1) is 14.6. The lowest BCUT2D eigenvalue weighted by atomic mass is 10.1. The zero-order chi connectivity index (χ0) is 15.1. The van der Waals surface area contributed by atoms with E-state index < -0.39 is 5.91 Å². The van der Waals surface area contributed by atoms with Gasteiger partial charge in [-0.1, -0.05) is 42.5 Å². The molecule has 0 radical (unpaired) electrons. The van der Waals surface area contributed by atoms with Crippen LogP contribution in [-0.4, -0.2) is 23.5 Å². The molecule has 108 valence electrons. The molecule has 0 saturated heterocycles. The van der Waals surface area contributed by atoms with Crippen LogP contribution >= 0.6 is 0 Å². The monoisotopic (exact) mass is 284 g/mol. The second-order valence-corrected chi connectivity index (χ2v) is 4.50. The summed E-state index contributed by atoms with van der Waals surface area (Å²) in [4.78, 5) is 23.4. The van der Waals surface area contributed by atoms with Crippen LogP contribution < -0.4 is 10.6 Å². The molecule has 2 aromatic rings. The van der Waals surface area contributed by atoms with E-state index in [1.54, 1.807) is 18.2 Å². The number of anilines is 1. The normalized spacial score (nSPS) is 9.90. The fourth-order valence-corrected chi connectivity index (χ4v) is 1.80. The molecule has 0 aliphatic rings. The van der Waals surface area contributed by atoms with Crippen LogP contribution in [0.3, 0.4) is 0 Å². The van der Waals surface area contributed by atoms with E-state index in [1.165, 1.54) is 6.07 Å². The molecule has 21 heavy (non-hydrogen) atoms. The Morgan fingerprint density at radius 2 is 1.57 bits per heavy atom. The van der Waals surface area contributed by atoms with Gasteiger partial charge in [0.15, 0.2) is 0 Å². The Morgan fingerprint density at radius 3 is 2.29 bits per heavy atom. The molecule has 3 N–H and O–H groups in total. The molecule has 0 aromatic heterocycles. The molecule has 0 saturated carbocycles. The van der Waals surface area contributed by atoms with Crippen LogP contribution in [0.2, 0.25) is 0 Å². The highest BCUT2D eigenvalue weighted by Crippen LogP contribution is 2.20. The van der Waals surface area contributed by atoms with Gasteiger partial charge < -0.3 is 15.7 Å². The van der Waals surface area contributed by atoms with Crippen LogP contribution in [0.25, 0.3) is 0 Å². The number of para-hydroxylation sites is 2. The summed E-state index contributed by atoms with van der Waals surface area (Å²) in [6.45, 7) is -0.139. The minimum Gasteiger partial charge on any atom is -0.506 e. The molecule has 0 fully saturated rings. The molecule has 0 aliphatic carbocycles. The van der Waals surface area contributed by atoms with E-state index in [0.29, 0.717) is 5.69 Å². The maximum atomic E-state index is 11.7. The number of nitrogens with one attached hydrogen (secondary N) is 2. The fourth-order valence-electron chi connectivity index (χ4n) is 1.80. The van der Waals surface area contributed by atoms with Crippen molar-refractivity contribution in [2.24, 2.45) is 0 Å². The first-order valence-corrected chi connectivity index (χ1v) is 6.53. The molecule has 2 amide bonds. The highest BCUT2D eigenvalue weighted by Gasteiger charge is 2.08. The standard InChI is InChI=1S/C16H16N2O3/c19-14-9-5-4-8-13(14)18-16(21)11-17-15(20)10-12-6-2-1-3-7-12/h1-9,19H,10-11H2,(H,17,20)(H,18,21). The SMILES string of the molecule is O=C(Cc1ccccc1)NCC(=O)Nc1ccccc1O. The quantitative estimate of drug-likeness (QED) is 0.731. The third-order valence-corrected chi connectivity index (χ3v) is 2.83. The zero-order valence-electron chi connectivity index (χ0n) is 11.4. The average molecular weight is 284 g/mol. The smallest absolute Gasteiger partial charge is 0.243 e. The second-order valence-electron chi connectivity index (χ2n) is 4.50. The summed E-state index contributed by atoms with van der Waals surface area (Å²) in [5.41, 5.74) is 1.20. The number of hydrogen-bond donors (Lipinski definition) is 3. The Labute approximate surface area is 122 Å². The summed E-state index contributed by atoms with van der Waals surface area (Å²) in [6.07, 6.45) is 0.227. The number of carbonyl (C=O) groups is 2. The number of aromatic hydroxyl groups is 1. The van der Waals surface area contributed by atoms with Crippen LogP contribution in [0.4, 0.5) is 5.69 Å². The maximum Gasteiger partial charge on any atom is 0.243 e. The summed E-state index contributed by atoms with van der Waals surface area (Å²) >= 11 is 0. The molecule has 0 atom stereocenters. The molecule has 5 heteroatoms. The Morgan fingerprint density at radius 1 is 0.905 bits per heavy atom. The van der Waals surface area contributed by atoms with Crippen molar-refractivity contribution in [3.8, 4) is 5.75 Å². The number of phenolic OH excluding ortho intramolecular Hbond substituents is 1. The third-order valence-electron chi connectivity index (χ3n) is 2.83. The molecule has 0 aliphatic heterocycles. The van der Waals surface area contributed by atoms with Crippen molar-refractivity contribution in [2.75, 3.05) is 11.9 Å². The number of benzene rings is 2. The summed E-state index contributed by atoms with van der Waals surface area (Å²) in [5.74, 6) is -0.631. The van der Waals surface area contributed by atoms with Crippen molar-refractivity contribution in [3.63, 3.8) is 0 Å². The molecule has 0 unspecified atom stereocenters. The number of phenols is 1. The minimum atomic E-state index is -0.391. The van der Waals surface area contributed by atoms with Crippen LogP contribution in [-0.2, 0) is 16.0 Å². The van der Waals surface area contributed by atoms with E-state index in [9.17, 15) is 14.7 Å². The van der Waals surface area contributed by atoms with Gasteiger partial charge in [-0.3, -0.25) is 9.59 Å². The van der Waals surface area contributed by atoms with Crippen molar-refractivity contribution in [1.29, 1.82) is 0 Å². The van der Waals surface area contributed by atoms with E-state index in [-0.39, 0.29) is 24.6 Å². The second kappa shape index (κ2) is 7.09. The van der Waals surface area contributed by atoms with E-state index in [4.69, 9.17) is 0 Å². The fraction of sp³-hybridized carbons (Fsp3) is 0.125. The van der Waals surface area contributed by atoms with Gasteiger partial charge in [0, 0.05) is 0 Å². The van der Waals surface area contributed by atoms with Crippen LogP contribution in [0.15, 0.2) is 54.6 Å². The molecule has 0 bridgehead atoms. The largest absolute Gasteiger partial charge is 0.506 e. The lowest BCUT2D eigenvalue weighted by Gasteiger charge is -2.08. The Kier molecular flexibility index (Phi) is 4.93. The topological polar surface area (TPSA) is 78.4 Å². The summed E-state index contributed by atoms with van der Waals surface area (Å²) in [6, 6.07) is 15.7. The van der Waals surface area contributed by atoms with Gasteiger partial charge >= 0.3 is 0 Å². The van der Waals surface area contributed by atoms with Crippen molar-refractivity contribution in [2.45, 2.75) is 6.42 Å². The van der Waals surface area contributed by atoms with Gasteiger partial charge in [-0.15, -0.1) is 0 Å². The van der Waals surface area contributed by atoms with Gasteiger partial charge in [-0.25, -0.2) is 0 Å². The highest BCUT2D eigenvalue weighted by atomic mass is 16.3. The number of hydrogen-bond acceptors (Lipinski definition) is 3. The van der Waals surface area contributed by atoms with Crippen molar-refractivity contribution in [3.05, 3.63) is 60.2 Å². The average Bonchev–Trinajstić information content (AvgIpc) is 2.49. The van der Waals surface area contributed by atoms with Gasteiger partial charge in [-0.2, -0.15) is 0 Å². The number of rotatable bonds is 5. The third kappa shape index (κ3) is 4.65. The number of amides is 2. The Balaban J connectivity index is 1.79. The van der Waals surface area contributed by atoms with Crippen LogP contribution in [0, 0.1) is 0 Å². The Hall–Kier alpha value is -2.82. The lowest BCUT2D eigenvalue weighted by molar-refractivity contribution is -0.123. The van der Waals surface area contributed by atoms with Crippen LogP contribution in [0.5, 0.6) is 5.75 Å². The lowest BCUT2D eigenvalue weighted by Crippen LogP contribution is -2.33. The van der Waals surface area contributed by atoms with E-state index in [1.807, 2.05) is 30.3 Å². The van der Waals surface area contributed by atoms with E-state index in [0.717, 1.165) is 5.56 Å². The summed E-state index contributed by atoms with van der Waals surface area (Å²) < 4.78 is 0. The first-order chi connectivity index (χ1) is 10.1. The van der Waals surface area contributed by atoms with Crippen molar-refractivity contribution in [1.82, 2.24) is 5.32 Å². The van der Waals surface area contributed by atoms with Crippen LogP contribution in [0.1, 0.15) is 5.56 Å². The van der Waals surface area contributed by atoms with Gasteiger partial charge in [-0.05, 0) is 17.7 Å². The van der Waals surface area contributed by atoms with Gasteiger partial charge in [0.05, 0.1) is 18.7 Å². The van der Waals surface area contributed by atoms with Gasteiger partial charge in [0.1, 0.15) is 5.75 Å². The Bertz CT molecular complexity index is 626. The first-order valence-electron chi connectivity index (χ1n) is 6.53. The predicted octanol–water partition coefficient (Wildman–Crippen LogP) is 1.69. The molecule has 2 aromatic carbocycles. The highest BCUT2D eigenvalue weighted by molar-refractivity contribution is 5.95.